The number of alkyl halides is 1. The summed E-state index contributed by atoms with van der Waals surface area (Å²) in [5.74, 6) is 0. The van der Waals surface area contributed by atoms with Crippen LogP contribution in [0.2, 0.25) is 0 Å². The largest absolute Gasteiger partial charge is 0.250 e. The van der Waals surface area contributed by atoms with E-state index in [-0.39, 0.29) is 11.4 Å². The third kappa shape index (κ3) is 2.59. The quantitative estimate of drug-likeness (QED) is 0.864. The highest BCUT2D eigenvalue weighted by molar-refractivity contribution is 7.91. The van der Waals surface area contributed by atoms with Crippen LogP contribution in [0.4, 0.5) is 0 Å². The van der Waals surface area contributed by atoms with E-state index in [2.05, 4.69) is 4.72 Å². The molecule has 0 amide bonds. The Labute approximate surface area is 105 Å². The Balaban J connectivity index is 2.14. The molecule has 0 aromatic carbocycles. The van der Waals surface area contributed by atoms with E-state index >= 15 is 0 Å². The number of sulfonamides is 1. The number of hydrogen-bond acceptors (Lipinski definition) is 3. The van der Waals surface area contributed by atoms with Crippen LogP contribution < -0.4 is 4.72 Å². The fraction of sp³-hybridized carbons (Fsp3) is 0.600. The first-order chi connectivity index (χ1) is 7.49. The van der Waals surface area contributed by atoms with Crippen LogP contribution in [-0.4, -0.2) is 19.8 Å². The molecular formula is C10H14ClNO2S2. The number of nitrogens with one attached hydrogen (secondary N) is 1. The Bertz CT molecular complexity index is 469. The maximum absolute atomic E-state index is 12.0. The van der Waals surface area contributed by atoms with Crippen molar-refractivity contribution >= 4 is 33.0 Å². The van der Waals surface area contributed by atoms with E-state index in [0.717, 1.165) is 24.1 Å². The zero-order valence-corrected chi connectivity index (χ0v) is 11.3. The van der Waals surface area contributed by atoms with Crippen molar-refractivity contribution in [1.82, 2.24) is 4.72 Å². The second kappa shape index (κ2) is 4.64. The number of rotatable bonds is 3. The van der Waals surface area contributed by atoms with Crippen LogP contribution in [0.3, 0.4) is 0 Å². The van der Waals surface area contributed by atoms with Gasteiger partial charge in [0.25, 0.3) is 0 Å². The van der Waals surface area contributed by atoms with Crippen LogP contribution in [0.1, 0.15) is 24.1 Å². The molecule has 1 saturated carbocycles. The lowest BCUT2D eigenvalue weighted by atomic mass is 10.3. The van der Waals surface area contributed by atoms with E-state index in [9.17, 15) is 8.42 Å². The van der Waals surface area contributed by atoms with Gasteiger partial charge in [0.05, 0.1) is 0 Å². The Morgan fingerprint density at radius 2 is 2.19 bits per heavy atom. The fourth-order valence-corrected chi connectivity index (χ4v) is 4.89. The summed E-state index contributed by atoms with van der Waals surface area (Å²) in [6.07, 6.45) is 2.71. The van der Waals surface area contributed by atoms with Crippen molar-refractivity contribution in [3.05, 3.63) is 17.0 Å². The summed E-state index contributed by atoms with van der Waals surface area (Å²) in [5, 5.41) is -0.0733. The van der Waals surface area contributed by atoms with Gasteiger partial charge in [-0.05, 0) is 31.9 Å². The molecule has 2 atom stereocenters. The van der Waals surface area contributed by atoms with Gasteiger partial charge >= 0.3 is 0 Å². The first-order valence-electron chi connectivity index (χ1n) is 5.22. The summed E-state index contributed by atoms with van der Waals surface area (Å²) >= 11 is 7.34. The Kier molecular flexibility index (Phi) is 3.59. The molecule has 1 heterocycles. The van der Waals surface area contributed by atoms with Crippen molar-refractivity contribution < 1.29 is 8.42 Å². The van der Waals surface area contributed by atoms with E-state index in [4.69, 9.17) is 11.6 Å². The Morgan fingerprint density at radius 1 is 1.44 bits per heavy atom. The van der Waals surface area contributed by atoms with Gasteiger partial charge in [0.1, 0.15) is 4.21 Å². The number of thiophene rings is 1. The highest BCUT2D eigenvalue weighted by atomic mass is 35.5. The predicted molar refractivity (Wildman–Crippen MR) is 66.7 cm³/mol. The van der Waals surface area contributed by atoms with Gasteiger partial charge in [0.15, 0.2) is 0 Å². The lowest BCUT2D eigenvalue weighted by Gasteiger charge is -2.14. The van der Waals surface area contributed by atoms with Crippen molar-refractivity contribution in [2.75, 3.05) is 0 Å². The standard InChI is InChI=1S/C10H14ClNO2S2/c1-7-5-6-10(15-7)16(13,14)12-9-4-2-3-8(9)11/h5-6,8-9,12H,2-4H2,1H3. The predicted octanol–water partition coefficient (Wildman–Crippen LogP) is 2.49. The summed E-state index contributed by atoms with van der Waals surface area (Å²) in [7, 11) is -3.37. The van der Waals surface area contributed by atoms with Crippen LogP contribution in [0.25, 0.3) is 0 Å². The third-order valence-corrected chi connectivity index (χ3v) is 6.22. The first-order valence-corrected chi connectivity index (χ1v) is 7.95. The molecule has 0 spiro atoms. The molecule has 2 unspecified atom stereocenters. The van der Waals surface area contributed by atoms with Gasteiger partial charge < -0.3 is 0 Å². The lowest BCUT2D eigenvalue weighted by molar-refractivity contribution is 0.555. The van der Waals surface area contributed by atoms with Crippen LogP contribution in [0.15, 0.2) is 16.3 Å². The zero-order valence-electron chi connectivity index (χ0n) is 8.94. The average molecular weight is 280 g/mol. The van der Waals surface area contributed by atoms with Gasteiger partial charge in [-0.15, -0.1) is 22.9 Å². The van der Waals surface area contributed by atoms with Crippen LogP contribution in [0, 0.1) is 6.92 Å². The van der Waals surface area contributed by atoms with Gasteiger partial charge in [-0.2, -0.15) is 0 Å². The molecule has 0 saturated heterocycles. The summed E-state index contributed by atoms with van der Waals surface area (Å²) in [6.45, 7) is 1.89. The molecule has 2 rings (SSSR count). The van der Waals surface area contributed by atoms with Gasteiger partial charge in [0.2, 0.25) is 10.0 Å². The number of hydrogen-bond donors (Lipinski definition) is 1. The summed E-state index contributed by atoms with van der Waals surface area (Å²) < 4.78 is 27.0. The van der Waals surface area contributed by atoms with E-state index in [0.29, 0.717) is 4.21 Å². The zero-order chi connectivity index (χ0) is 11.8. The molecule has 0 bridgehead atoms. The van der Waals surface area contributed by atoms with E-state index < -0.39 is 10.0 Å². The minimum atomic E-state index is -3.37. The molecule has 1 aliphatic carbocycles. The van der Waals surface area contributed by atoms with Crippen molar-refractivity contribution in [1.29, 1.82) is 0 Å². The monoisotopic (exact) mass is 279 g/mol. The van der Waals surface area contributed by atoms with E-state index in [1.165, 1.54) is 11.3 Å². The van der Waals surface area contributed by atoms with Crippen molar-refractivity contribution in [2.24, 2.45) is 0 Å². The molecule has 3 nitrogen and oxygen atoms in total. The normalized spacial score (nSPS) is 26.1. The number of aryl methyl sites for hydroxylation is 1. The molecule has 0 radical (unpaired) electrons. The van der Waals surface area contributed by atoms with Gasteiger partial charge in [-0.1, -0.05) is 6.42 Å². The van der Waals surface area contributed by atoms with Crippen LogP contribution in [0.5, 0.6) is 0 Å². The molecule has 1 aromatic heterocycles. The van der Waals surface area contributed by atoms with Crippen molar-refractivity contribution in [2.45, 2.75) is 41.8 Å². The fourth-order valence-electron chi connectivity index (χ4n) is 1.86. The van der Waals surface area contributed by atoms with E-state index in [1.54, 1.807) is 6.07 Å². The van der Waals surface area contributed by atoms with Gasteiger partial charge in [-0.25, -0.2) is 13.1 Å². The van der Waals surface area contributed by atoms with Crippen molar-refractivity contribution in [3.8, 4) is 0 Å². The first kappa shape index (κ1) is 12.4. The van der Waals surface area contributed by atoms with Crippen LogP contribution >= 0.6 is 22.9 Å². The maximum Gasteiger partial charge on any atom is 0.250 e. The lowest BCUT2D eigenvalue weighted by Crippen LogP contribution is -2.37. The number of halogens is 1. The summed E-state index contributed by atoms with van der Waals surface area (Å²) in [6, 6.07) is 3.33. The Hall–Kier alpha value is -0.100. The summed E-state index contributed by atoms with van der Waals surface area (Å²) in [5.41, 5.74) is 0. The molecule has 0 aliphatic heterocycles. The molecule has 1 fully saturated rings. The minimum absolute atomic E-state index is 0.0733. The topological polar surface area (TPSA) is 46.2 Å². The third-order valence-electron chi connectivity index (χ3n) is 2.72. The maximum atomic E-state index is 12.0. The molecular weight excluding hydrogens is 266 g/mol. The molecule has 1 aliphatic rings. The second-order valence-electron chi connectivity index (χ2n) is 4.04. The molecule has 6 heteroatoms. The average Bonchev–Trinajstić information content (AvgIpc) is 2.77. The second-order valence-corrected chi connectivity index (χ2v) is 7.83. The molecule has 1 N–H and O–H groups in total. The van der Waals surface area contributed by atoms with Gasteiger partial charge in [0, 0.05) is 16.3 Å². The Morgan fingerprint density at radius 3 is 2.69 bits per heavy atom. The highest BCUT2D eigenvalue weighted by Crippen LogP contribution is 2.27. The van der Waals surface area contributed by atoms with E-state index in [1.807, 2.05) is 13.0 Å². The smallest absolute Gasteiger partial charge is 0.206 e. The molecule has 16 heavy (non-hydrogen) atoms. The SMILES string of the molecule is Cc1ccc(S(=O)(=O)NC2CCCC2Cl)s1. The van der Waals surface area contributed by atoms with Crippen molar-refractivity contribution in [3.63, 3.8) is 0 Å². The minimum Gasteiger partial charge on any atom is -0.206 e. The van der Waals surface area contributed by atoms with Gasteiger partial charge in [-0.3, -0.25) is 0 Å². The van der Waals surface area contributed by atoms with Crippen LogP contribution in [-0.2, 0) is 10.0 Å². The molecule has 90 valence electrons. The molecule has 1 aromatic rings. The summed E-state index contributed by atoms with van der Waals surface area (Å²) in [4.78, 5) is 0.995. The highest BCUT2D eigenvalue weighted by Gasteiger charge is 2.30.